The summed E-state index contributed by atoms with van der Waals surface area (Å²) < 4.78 is 15.7. The maximum atomic E-state index is 11.5. The number of aryl methyl sites for hydroxylation is 1. The van der Waals surface area contributed by atoms with Crippen molar-refractivity contribution in [2.24, 2.45) is 0 Å². The van der Waals surface area contributed by atoms with E-state index in [9.17, 15) is 9.59 Å². The first-order chi connectivity index (χ1) is 10.5. The second kappa shape index (κ2) is 6.80. The number of anilines is 1. The highest BCUT2D eigenvalue weighted by Gasteiger charge is 2.15. The van der Waals surface area contributed by atoms with Crippen LogP contribution in [-0.2, 0) is 16.1 Å². The Kier molecular flexibility index (Phi) is 4.83. The fourth-order valence-corrected chi connectivity index (χ4v) is 1.95. The fraction of sp³-hybridized carbons (Fsp3) is 0.250. The SMILES string of the molecule is COC(=O)c1cc(COc2cccc(NC(C)=O)c2)oc1C. The number of furan rings is 1. The summed E-state index contributed by atoms with van der Waals surface area (Å²) in [5.74, 6) is 0.988. The van der Waals surface area contributed by atoms with Crippen molar-refractivity contribution >= 4 is 17.6 Å². The molecule has 0 saturated heterocycles. The highest BCUT2D eigenvalue weighted by Crippen LogP contribution is 2.21. The van der Waals surface area contributed by atoms with Gasteiger partial charge in [0.05, 0.1) is 7.11 Å². The summed E-state index contributed by atoms with van der Waals surface area (Å²) in [7, 11) is 1.32. The Labute approximate surface area is 128 Å². The Morgan fingerprint density at radius 2 is 2.05 bits per heavy atom. The van der Waals surface area contributed by atoms with E-state index in [0.29, 0.717) is 28.5 Å². The van der Waals surface area contributed by atoms with E-state index in [1.807, 2.05) is 0 Å². The van der Waals surface area contributed by atoms with Gasteiger partial charge < -0.3 is 19.2 Å². The molecule has 0 saturated carbocycles. The van der Waals surface area contributed by atoms with Crippen LogP contribution in [0.4, 0.5) is 5.69 Å². The minimum atomic E-state index is -0.444. The zero-order chi connectivity index (χ0) is 16.1. The van der Waals surface area contributed by atoms with E-state index >= 15 is 0 Å². The lowest BCUT2D eigenvalue weighted by atomic mass is 10.2. The Bertz CT molecular complexity index is 690. The molecule has 1 heterocycles. The molecular formula is C16H17NO5. The normalized spacial score (nSPS) is 10.1. The number of methoxy groups -OCH3 is 1. The number of rotatable bonds is 5. The minimum Gasteiger partial charge on any atom is -0.486 e. The highest BCUT2D eigenvalue weighted by atomic mass is 16.5. The monoisotopic (exact) mass is 303 g/mol. The number of benzene rings is 1. The first-order valence-corrected chi connectivity index (χ1v) is 6.67. The molecule has 1 aromatic heterocycles. The number of hydrogen-bond acceptors (Lipinski definition) is 5. The minimum absolute atomic E-state index is 0.151. The van der Waals surface area contributed by atoms with E-state index in [0.717, 1.165) is 0 Å². The third-order valence-electron chi connectivity index (χ3n) is 2.91. The molecule has 2 rings (SSSR count). The summed E-state index contributed by atoms with van der Waals surface area (Å²) in [6.07, 6.45) is 0. The molecule has 22 heavy (non-hydrogen) atoms. The van der Waals surface area contributed by atoms with Crippen LogP contribution >= 0.6 is 0 Å². The average molecular weight is 303 g/mol. The summed E-state index contributed by atoms with van der Waals surface area (Å²) in [5, 5.41) is 2.68. The first-order valence-electron chi connectivity index (χ1n) is 6.67. The number of hydrogen-bond donors (Lipinski definition) is 1. The largest absolute Gasteiger partial charge is 0.486 e. The molecule has 1 N–H and O–H groups in total. The lowest BCUT2D eigenvalue weighted by Crippen LogP contribution is -2.05. The van der Waals surface area contributed by atoms with Gasteiger partial charge >= 0.3 is 5.97 Å². The third-order valence-corrected chi connectivity index (χ3v) is 2.91. The highest BCUT2D eigenvalue weighted by molar-refractivity contribution is 5.90. The van der Waals surface area contributed by atoms with Crippen molar-refractivity contribution in [2.45, 2.75) is 20.5 Å². The van der Waals surface area contributed by atoms with Gasteiger partial charge in [0.25, 0.3) is 0 Å². The van der Waals surface area contributed by atoms with Crippen LogP contribution in [0, 0.1) is 6.92 Å². The van der Waals surface area contributed by atoms with E-state index in [4.69, 9.17) is 9.15 Å². The molecule has 0 bridgehead atoms. The van der Waals surface area contributed by atoms with Crippen molar-refractivity contribution in [3.63, 3.8) is 0 Å². The van der Waals surface area contributed by atoms with Gasteiger partial charge in [0.2, 0.25) is 5.91 Å². The molecule has 6 heteroatoms. The molecule has 1 amide bonds. The summed E-state index contributed by atoms with van der Waals surface area (Å²) in [6, 6.07) is 8.61. The molecule has 0 unspecified atom stereocenters. The summed E-state index contributed by atoms with van der Waals surface area (Å²) in [5.41, 5.74) is 1.03. The molecule has 0 atom stereocenters. The molecule has 0 aliphatic carbocycles. The lowest BCUT2D eigenvalue weighted by Gasteiger charge is -2.07. The van der Waals surface area contributed by atoms with Gasteiger partial charge in [-0.15, -0.1) is 0 Å². The van der Waals surface area contributed by atoms with Gasteiger partial charge in [0.1, 0.15) is 29.4 Å². The van der Waals surface area contributed by atoms with Crippen molar-refractivity contribution in [1.82, 2.24) is 0 Å². The van der Waals surface area contributed by atoms with Crippen LogP contribution < -0.4 is 10.1 Å². The topological polar surface area (TPSA) is 77.8 Å². The predicted molar refractivity (Wildman–Crippen MR) is 79.9 cm³/mol. The van der Waals surface area contributed by atoms with Crippen LogP contribution in [0.25, 0.3) is 0 Å². The molecule has 6 nitrogen and oxygen atoms in total. The molecule has 1 aromatic carbocycles. The van der Waals surface area contributed by atoms with Gasteiger partial charge in [-0.25, -0.2) is 4.79 Å². The molecule has 0 radical (unpaired) electrons. The van der Waals surface area contributed by atoms with E-state index in [-0.39, 0.29) is 12.5 Å². The second-order valence-corrected chi connectivity index (χ2v) is 4.67. The second-order valence-electron chi connectivity index (χ2n) is 4.67. The predicted octanol–water partition coefficient (Wildman–Crippen LogP) is 2.91. The Morgan fingerprint density at radius 3 is 2.73 bits per heavy atom. The Balaban J connectivity index is 2.04. The van der Waals surface area contributed by atoms with Gasteiger partial charge in [0, 0.05) is 18.7 Å². The number of amides is 1. The number of carbonyl (C=O) groups is 2. The molecule has 2 aromatic rings. The zero-order valence-electron chi connectivity index (χ0n) is 12.6. The Hall–Kier alpha value is -2.76. The van der Waals surface area contributed by atoms with Crippen LogP contribution in [0.1, 0.15) is 28.8 Å². The van der Waals surface area contributed by atoms with Gasteiger partial charge in [-0.3, -0.25) is 4.79 Å². The van der Waals surface area contributed by atoms with E-state index in [1.54, 1.807) is 37.3 Å². The first kappa shape index (κ1) is 15.6. The smallest absolute Gasteiger partial charge is 0.341 e. The van der Waals surface area contributed by atoms with Crippen LogP contribution in [0.3, 0.4) is 0 Å². The van der Waals surface area contributed by atoms with Gasteiger partial charge in [-0.2, -0.15) is 0 Å². The van der Waals surface area contributed by atoms with Crippen molar-refractivity contribution in [3.8, 4) is 5.75 Å². The molecule has 0 fully saturated rings. The number of carbonyl (C=O) groups excluding carboxylic acids is 2. The summed E-state index contributed by atoms with van der Waals surface area (Å²) in [6.45, 7) is 3.29. The maximum Gasteiger partial charge on any atom is 0.341 e. The van der Waals surface area contributed by atoms with Crippen molar-refractivity contribution in [2.75, 3.05) is 12.4 Å². The van der Waals surface area contributed by atoms with E-state index in [1.165, 1.54) is 14.0 Å². The maximum absolute atomic E-state index is 11.5. The summed E-state index contributed by atoms with van der Waals surface area (Å²) >= 11 is 0. The van der Waals surface area contributed by atoms with E-state index < -0.39 is 5.97 Å². The van der Waals surface area contributed by atoms with Crippen LogP contribution in [0.5, 0.6) is 5.75 Å². The summed E-state index contributed by atoms with van der Waals surface area (Å²) in [4.78, 5) is 22.5. The molecule has 0 aliphatic heterocycles. The fourth-order valence-electron chi connectivity index (χ4n) is 1.95. The third kappa shape index (κ3) is 3.88. The average Bonchev–Trinajstić information content (AvgIpc) is 2.85. The van der Waals surface area contributed by atoms with Crippen molar-refractivity contribution in [1.29, 1.82) is 0 Å². The number of esters is 1. The lowest BCUT2D eigenvalue weighted by molar-refractivity contribution is -0.114. The Morgan fingerprint density at radius 1 is 1.27 bits per heavy atom. The van der Waals surface area contributed by atoms with Crippen LogP contribution in [0.2, 0.25) is 0 Å². The van der Waals surface area contributed by atoms with Crippen molar-refractivity contribution < 1.29 is 23.5 Å². The number of ether oxygens (including phenoxy) is 2. The van der Waals surface area contributed by atoms with Gasteiger partial charge in [-0.05, 0) is 25.1 Å². The van der Waals surface area contributed by atoms with Crippen molar-refractivity contribution in [3.05, 3.63) is 47.4 Å². The molecule has 0 spiro atoms. The zero-order valence-corrected chi connectivity index (χ0v) is 12.6. The molecule has 0 aliphatic rings. The quantitative estimate of drug-likeness (QED) is 0.859. The van der Waals surface area contributed by atoms with E-state index in [2.05, 4.69) is 10.1 Å². The van der Waals surface area contributed by atoms with Gasteiger partial charge in [0.15, 0.2) is 0 Å². The molecule has 116 valence electrons. The number of nitrogens with one attached hydrogen (secondary N) is 1. The standard InChI is InChI=1S/C16H17NO5/c1-10-15(16(19)20-3)8-14(22-10)9-21-13-6-4-5-12(7-13)17-11(2)18/h4-8H,9H2,1-3H3,(H,17,18). The van der Waals surface area contributed by atoms with Crippen LogP contribution in [0.15, 0.2) is 34.7 Å². The van der Waals surface area contributed by atoms with Gasteiger partial charge in [-0.1, -0.05) is 6.07 Å². The molecular weight excluding hydrogens is 286 g/mol. The van der Waals surface area contributed by atoms with Crippen LogP contribution in [-0.4, -0.2) is 19.0 Å².